The molecule has 1 N–H and O–H groups in total. The molecular formula is C22H25ClN2O2S. The number of hydrogen-bond acceptors (Lipinski definition) is 5. The molecule has 0 spiro atoms. The fraction of sp³-hybridized carbons (Fsp3) is 0.409. The van der Waals surface area contributed by atoms with E-state index in [9.17, 15) is 5.11 Å². The van der Waals surface area contributed by atoms with Crippen LogP contribution in [-0.2, 0) is 11.3 Å². The van der Waals surface area contributed by atoms with Gasteiger partial charge in [-0.05, 0) is 49.7 Å². The summed E-state index contributed by atoms with van der Waals surface area (Å²) in [6.45, 7) is 3.37. The predicted octanol–water partition coefficient (Wildman–Crippen LogP) is 4.71. The zero-order chi connectivity index (χ0) is 19.3. The van der Waals surface area contributed by atoms with Crippen molar-refractivity contribution in [2.24, 2.45) is 0 Å². The maximum absolute atomic E-state index is 10.3. The van der Waals surface area contributed by atoms with Crippen molar-refractivity contribution in [2.75, 3.05) is 26.2 Å². The average Bonchev–Trinajstić information content (AvgIpc) is 3.14. The van der Waals surface area contributed by atoms with Gasteiger partial charge in [-0.2, -0.15) is 0 Å². The van der Waals surface area contributed by atoms with Crippen molar-refractivity contribution in [3.05, 3.63) is 64.1 Å². The Kier molecular flexibility index (Phi) is 6.60. The van der Waals surface area contributed by atoms with Crippen molar-refractivity contribution in [1.29, 1.82) is 0 Å². The van der Waals surface area contributed by atoms with Gasteiger partial charge in [0.1, 0.15) is 0 Å². The van der Waals surface area contributed by atoms with Gasteiger partial charge in [-0.25, -0.2) is 4.98 Å². The van der Waals surface area contributed by atoms with E-state index >= 15 is 0 Å². The number of aliphatic hydroxyl groups excluding tert-OH is 1. The third-order valence-corrected chi connectivity index (χ3v) is 6.81. The molecule has 0 bridgehead atoms. The highest BCUT2D eigenvalue weighted by molar-refractivity contribution is 7.18. The molecule has 1 aliphatic rings. The summed E-state index contributed by atoms with van der Waals surface area (Å²) >= 11 is 7.95. The van der Waals surface area contributed by atoms with E-state index in [0.717, 1.165) is 37.0 Å². The van der Waals surface area contributed by atoms with Gasteiger partial charge in [0.15, 0.2) is 0 Å². The molecule has 148 valence electrons. The molecule has 4 rings (SSSR count). The summed E-state index contributed by atoms with van der Waals surface area (Å²) in [5, 5.41) is 12.3. The highest BCUT2D eigenvalue weighted by Gasteiger charge is 2.24. The van der Waals surface area contributed by atoms with Gasteiger partial charge in [0.25, 0.3) is 0 Å². The number of thiazole rings is 1. The van der Waals surface area contributed by atoms with Crippen LogP contribution in [0.2, 0.25) is 5.02 Å². The quantitative estimate of drug-likeness (QED) is 0.606. The summed E-state index contributed by atoms with van der Waals surface area (Å²) in [5.74, 6) is 0.530. The Hall–Kier alpha value is -1.50. The summed E-state index contributed by atoms with van der Waals surface area (Å²) in [7, 11) is 0. The minimum atomic E-state index is -0.485. The zero-order valence-electron chi connectivity index (χ0n) is 15.8. The highest BCUT2D eigenvalue weighted by atomic mass is 35.5. The number of benzene rings is 2. The fourth-order valence-electron chi connectivity index (χ4n) is 3.70. The minimum Gasteiger partial charge on any atom is -0.389 e. The number of nitrogens with zero attached hydrogens (tertiary/aromatic N) is 2. The molecule has 2 heterocycles. The molecule has 4 nitrogen and oxygen atoms in total. The van der Waals surface area contributed by atoms with Crippen LogP contribution >= 0.6 is 22.9 Å². The standard InChI is InChI=1S/C22H25ClN2O2S/c23-19-6-2-1-5-17(19)14-27-15-18(26)13-25-11-9-16(10-12-25)22-24-20-7-3-4-8-21(20)28-22/h1-8,16,18,26H,9-15H2/t18-/m1/s1. The first-order chi connectivity index (χ1) is 13.7. The van der Waals surface area contributed by atoms with Crippen LogP contribution in [0.4, 0.5) is 0 Å². The Labute approximate surface area is 174 Å². The number of rotatable bonds is 7. The van der Waals surface area contributed by atoms with E-state index in [1.54, 1.807) is 0 Å². The third-order valence-electron chi connectivity index (χ3n) is 5.24. The van der Waals surface area contributed by atoms with E-state index in [-0.39, 0.29) is 0 Å². The summed E-state index contributed by atoms with van der Waals surface area (Å²) in [4.78, 5) is 7.15. The van der Waals surface area contributed by atoms with E-state index in [1.807, 2.05) is 41.7 Å². The molecule has 3 aromatic rings. The van der Waals surface area contributed by atoms with Crippen molar-refractivity contribution in [1.82, 2.24) is 9.88 Å². The molecule has 1 atom stereocenters. The molecule has 1 saturated heterocycles. The van der Waals surface area contributed by atoms with E-state index in [4.69, 9.17) is 21.3 Å². The van der Waals surface area contributed by atoms with Gasteiger partial charge in [-0.3, -0.25) is 0 Å². The predicted molar refractivity (Wildman–Crippen MR) is 115 cm³/mol. The fourth-order valence-corrected chi connectivity index (χ4v) is 5.03. The molecule has 6 heteroatoms. The number of β-amino-alcohol motifs (C(OH)–C–C–N with tert-alkyl or cyclic N) is 1. The van der Waals surface area contributed by atoms with E-state index in [2.05, 4.69) is 23.1 Å². The number of halogens is 1. The molecule has 2 aromatic carbocycles. The number of aliphatic hydroxyl groups is 1. The van der Waals surface area contributed by atoms with Crippen molar-refractivity contribution in [2.45, 2.75) is 31.5 Å². The second-order valence-electron chi connectivity index (χ2n) is 7.36. The molecule has 0 radical (unpaired) electrons. The molecule has 0 saturated carbocycles. The molecule has 0 amide bonds. The molecule has 1 fully saturated rings. The molecule has 1 aliphatic heterocycles. The molecule has 1 aromatic heterocycles. The van der Waals surface area contributed by atoms with Gasteiger partial charge in [-0.15, -0.1) is 11.3 Å². The van der Waals surface area contributed by atoms with Gasteiger partial charge in [-0.1, -0.05) is 41.9 Å². The second kappa shape index (κ2) is 9.33. The largest absolute Gasteiger partial charge is 0.389 e. The van der Waals surface area contributed by atoms with Crippen molar-refractivity contribution >= 4 is 33.2 Å². The first-order valence-corrected chi connectivity index (χ1v) is 11.0. The average molecular weight is 417 g/mol. The molecule has 0 unspecified atom stereocenters. The van der Waals surface area contributed by atoms with Crippen LogP contribution in [0.15, 0.2) is 48.5 Å². The lowest BCUT2D eigenvalue weighted by atomic mass is 9.97. The minimum absolute atomic E-state index is 0.322. The Morgan fingerprint density at radius 1 is 1.14 bits per heavy atom. The lowest BCUT2D eigenvalue weighted by Crippen LogP contribution is -2.39. The Morgan fingerprint density at radius 3 is 2.68 bits per heavy atom. The Morgan fingerprint density at radius 2 is 1.89 bits per heavy atom. The van der Waals surface area contributed by atoms with Crippen LogP contribution in [0.1, 0.15) is 29.3 Å². The van der Waals surface area contributed by atoms with Crippen molar-refractivity contribution in [3.63, 3.8) is 0 Å². The number of hydrogen-bond donors (Lipinski definition) is 1. The number of piperidine rings is 1. The Bertz CT molecular complexity index is 875. The van der Waals surface area contributed by atoms with Gasteiger partial charge in [0.05, 0.1) is 34.5 Å². The van der Waals surface area contributed by atoms with Crippen LogP contribution < -0.4 is 0 Å². The van der Waals surface area contributed by atoms with Crippen molar-refractivity contribution < 1.29 is 9.84 Å². The summed E-state index contributed by atoms with van der Waals surface area (Å²) in [6, 6.07) is 16.0. The topological polar surface area (TPSA) is 45.6 Å². The highest BCUT2D eigenvalue weighted by Crippen LogP contribution is 2.33. The number of aromatic nitrogens is 1. The van der Waals surface area contributed by atoms with Gasteiger partial charge in [0, 0.05) is 17.5 Å². The van der Waals surface area contributed by atoms with Crippen molar-refractivity contribution in [3.8, 4) is 0 Å². The summed E-state index contributed by atoms with van der Waals surface area (Å²) in [6.07, 6.45) is 1.70. The third kappa shape index (κ3) is 4.91. The second-order valence-corrected chi connectivity index (χ2v) is 8.82. The van der Waals surface area contributed by atoms with E-state index < -0.39 is 6.10 Å². The first kappa shape index (κ1) is 19.8. The number of likely N-dealkylation sites (tertiary alicyclic amines) is 1. The molecular weight excluding hydrogens is 392 g/mol. The van der Waals surface area contributed by atoms with Gasteiger partial charge >= 0.3 is 0 Å². The SMILES string of the molecule is O[C@@H](COCc1ccccc1Cl)CN1CCC(c2nc3ccccc3s2)CC1. The summed E-state index contributed by atoms with van der Waals surface area (Å²) < 4.78 is 6.93. The summed E-state index contributed by atoms with van der Waals surface area (Å²) in [5.41, 5.74) is 2.06. The van der Waals surface area contributed by atoms with Crippen LogP contribution in [0.25, 0.3) is 10.2 Å². The molecule has 28 heavy (non-hydrogen) atoms. The lowest BCUT2D eigenvalue weighted by molar-refractivity contribution is 0.00623. The van der Waals surface area contributed by atoms with Crippen LogP contribution in [0.5, 0.6) is 0 Å². The van der Waals surface area contributed by atoms with Crippen LogP contribution in [0.3, 0.4) is 0 Å². The van der Waals surface area contributed by atoms with Gasteiger partial charge in [0.2, 0.25) is 0 Å². The molecule has 0 aliphatic carbocycles. The lowest BCUT2D eigenvalue weighted by Gasteiger charge is -2.32. The van der Waals surface area contributed by atoms with E-state index in [0.29, 0.717) is 30.7 Å². The first-order valence-electron chi connectivity index (χ1n) is 9.76. The smallest absolute Gasteiger partial charge is 0.0970 e. The Balaban J connectivity index is 1.21. The van der Waals surface area contributed by atoms with E-state index in [1.165, 1.54) is 9.71 Å². The normalized spacial score (nSPS) is 17.2. The van der Waals surface area contributed by atoms with Crippen LogP contribution in [0, 0.1) is 0 Å². The maximum atomic E-state index is 10.3. The zero-order valence-corrected chi connectivity index (χ0v) is 17.3. The number of para-hydroxylation sites is 1. The number of ether oxygens (including phenoxy) is 1. The van der Waals surface area contributed by atoms with Gasteiger partial charge < -0.3 is 14.7 Å². The number of fused-ring (bicyclic) bond motifs is 1. The maximum Gasteiger partial charge on any atom is 0.0970 e. The monoisotopic (exact) mass is 416 g/mol. The van der Waals surface area contributed by atoms with Crippen LogP contribution in [-0.4, -0.2) is 47.3 Å².